The van der Waals surface area contributed by atoms with Crippen molar-refractivity contribution in [3.63, 3.8) is 0 Å². The molecule has 0 bridgehead atoms. The first-order valence-electron chi connectivity index (χ1n) is 11.2. The van der Waals surface area contributed by atoms with E-state index in [4.69, 9.17) is 32.9 Å². The van der Waals surface area contributed by atoms with Crippen molar-refractivity contribution in [1.29, 1.82) is 0 Å². The number of pyridine rings is 2. The van der Waals surface area contributed by atoms with Crippen molar-refractivity contribution in [3.05, 3.63) is 99.8 Å². The smallest absolute Gasteiger partial charge is 0.217 e. The van der Waals surface area contributed by atoms with E-state index in [-0.39, 0.29) is 5.92 Å². The zero-order valence-corrected chi connectivity index (χ0v) is 20.2. The molecule has 0 amide bonds. The fraction of sp³-hybridized carbons (Fsp3) is 0.259. The monoisotopic (exact) mass is 493 g/mol. The summed E-state index contributed by atoms with van der Waals surface area (Å²) in [5, 5.41) is 18.2. The quantitative estimate of drug-likeness (QED) is 0.379. The molecule has 1 fully saturated rings. The summed E-state index contributed by atoms with van der Waals surface area (Å²) in [6, 6.07) is 19.2. The number of aromatic nitrogens is 2. The van der Waals surface area contributed by atoms with Crippen LogP contribution in [0.2, 0.25) is 10.0 Å². The molecule has 7 heteroatoms. The number of rotatable bonds is 5. The molecule has 0 radical (unpaired) electrons. The van der Waals surface area contributed by atoms with Gasteiger partial charge in [-0.1, -0.05) is 41.4 Å². The fourth-order valence-electron chi connectivity index (χ4n) is 5.13. The first-order valence-corrected chi connectivity index (χ1v) is 12.0. The molecular weight excluding hydrogens is 469 g/mol. The molecule has 0 aliphatic carbocycles. The predicted molar refractivity (Wildman–Crippen MR) is 136 cm³/mol. The highest BCUT2D eigenvalue weighted by Crippen LogP contribution is 2.49. The standard InChI is InChI=1S/C27H25Cl2N3O2/c1-34-26-22(14-19-13-21(29)8-9-24(19)32-26)25(17-4-6-20(28)7-5-17)27(33)10-12-31-16-23(27)18-3-2-11-30-15-18/h2-9,11,13-15,23,25,31,33H,10,12,16H2,1H3. The van der Waals surface area contributed by atoms with Crippen LogP contribution in [-0.4, -0.2) is 40.9 Å². The molecule has 5 nitrogen and oxygen atoms in total. The third kappa shape index (κ3) is 4.25. The Morgan fingerprint density at radius 3 is 2.62 bits per heavy atom. The number of nitrogens with zero attached hydrogens (tertiary/aromatic N) is 2. The number of aliphatic hydroxyl groups is 1. The minimum absolute atomic E-state index is 0.199. The average molecular weight is 494 g/mol. The van der Waals surface area contributed by atoms with E-state index < -0.39 is 11.5 Å². The maximum absolute atomic E-state index is 12.6. The Balaban J connectivity index is 1.76. The van der Waals surface area contributed by atoms with Crippen LogP contribution in [0.1, 0.15) is 34.9 Å². The molecule has 2 aromatic heterocycles. The number of hydrogen-bond donors (Lipinski definition) is 2. The highest BCUT2D eigenvalue weighted by Gasteiger charge is 2.48. The molecule has 1 saturated heterocycles. The van der Waals surface area contributed by atoms with Gasteiger partial charge in [-0.2, -0.15) is 0 Å². The largest absolute Gasteiger partial charge is 0.481 e. The molecule has 0 spiro atoms. The van der Waals surface area contributed by atoms with Gasteiger partial charge in [-0.3, -0.25) is 4.98 Å². The lowest BCUT2D eigenvalue weighted by Gasteiger charge is -2.46. The Labute approximate surface area is 208 Å². The van der Waals surface area contributed by atoms with Crippen LogP contribution in [-0.2, 0) is 0 Å². The maximum atomic E-state index is 12.6. The lowest BCUT2D eigenvalue weighted by molar-refractivity contribution is -0.0254. The highest BCUT2D eigenvalue weighted by atomic mass is 35.5. The van der Waals surface area contributed by atoms with Gasteiger partial charge in [0, 0.05) is 51.8 Å². The van der Waals surface area contributed by atoms with Gasteiger partial charge in [0.1, 0.15) is 0 Å². The second-order valence-electron chi connectivity index (χ2n) is 8.69. The average Bonchev–Trinajstić information content (AvgIpc) is 2.85. The molecule has 0 saturated carbocycles. The third-order valence-electron chi connectivity index (χ3n) is 6.72. The molecule has 2 aromatic carbocycles. The summed E-state index contributed by atoms with van der Waals surface area (Å²) in [7, 11) is 1.61. The number of nitrogens with one attached hydrogen (secondary N) is 1. The molecule has 3 atom stereocenters. The summed E-state index contributed by atoms with van der Waals surface area (Å²) in [6.07, 6.45) is 4.11. The van der Waals surface area contributed by atoms with Crippen molar-refractivity contribution >= 4 is 34.1 Å². The van der Waals surface area contributed by atoms with E-state index >= 15 is 0 Å². The van der Waals surface area contributed by atoms with E-state index in [0.29, 0.717) is 35.4 Å². The summed E-state index contributed by atoms with van der Waals surface area (Å²) in [5.74, 6) is -0.148. The molecule has 3 heterocycles. The van der Waals surface area contributed by atoms with E-state index in [1.807, 2.05) is 66.9 Å². The molecular formula is C27H25Cl2N3O2. The van der Waals surface area contributed by atoms with Gasteiger partial charge in [-0.05, 0) is 66.6 Å². The second-order valence-corrected chi connectivity index (χ2v) is 9.57. The number of ether oxygens (including phenoxy) is 1. The van der Waals surface area contributed by atoms with Crippen LogP contribution in [0.4, 0.5) is 0 Å². The normalized spacial score (nSPS) is 21.4. The van der Waals surface area contributed by atoms with Crippen LogP contribution in [0.5, 0.6) is 5.88 Å². The van der Waals surface area contributed by atoms with Gasteiger partial charge in [0.2, 0.25) is 5.88 Å². The summed E-state index contributed by atoms with van der Waals surface area (Å²) >= 11 is 12.5. The van der Waals surface area contributed by atoms with Crippen LogP contribution >= 0.6 is 23.2 Å². The number of hydrogen-bond acceptors (Lipinski definition) is 5. The first-order chi connectivity index (χ1) is 16.5. The molecule has 174 valence electrons. The minimum Gasteiger partial charge on any atom is -0.481 e. The Morgan fingerprint density at radius 2 is 1.88 bits per heavy atom. The van der Waals surface area contributed by atoms with Crippen LogP contribution in [0.25, 0.3) is 10.9 Å². The van der Waals surface area contributed by atoms with E-state index in [2.05, 4.69) is 10.3 Å². The summed E-state index contributed by atoms with van der Waals surface area (Å²) in [5.41, 5.74) is 2.36. The molecule has 3 unspecified atom stereocenters. The topological polar surface area (TPSA) is 67.3 Å². The van der Waals surface area contributed by atoms with Gasteiger partial charge in [0.15, 0.2) is 0 Å². The Kier molecular flexibility index (Phi) is 6.45. The van der Waals surface area contributed by atoms with E-state index in [1.165, 1.54) is 0 Å². The number of methoxy groups -OCH3 is 1. The number of fused-ring (bicyclic) bond motifs is 1. The molecule has 4 aromatic rings. The number of piperidine rings is 1. The number of benzene rings is 2. The van der Waals surface area contributed by atoms with Gasteiger partial charge in [0.05, 0.1) is 18.2 Å². The molecule has 5 rings (SSSR count). The van der Waals surface area contributed by atoms with E-state index in [9.17, 15) is 5.11 Å². The van der Waals surface area contributed by atoms with E-state index in [0.717, 1.165) is 27.6 Å². The summed E-state index contributed by atoms with van der Waals surface area (Å²) in [6.45, 7) is 1.31. The first kappa shape index (κ1) is 23.1. The zero-order valence-electron chi connectivity index (χ0n) is 18.7. The van der Waals surface area contributed by atoms with Gasteiger partial charge in [-0.25, -0.2) is 4.98 Å². The van der Waals surface area contributed by atoms with Crippen molar-refractivity contribution in [2.75, 3.05) is 20.2 Å². The maximum Gasteiger partial charge on any atom is 0.217 e. The number of halogens is 2. The third-order valence-corrected chi connectivity index (χ3v) is 7.21. The van der Waals surface area contributed by atoms with Gasteiger partial charge in [0.25, 0.3) is 0 Å². The van der Waals surface area contributed by atoms with Crippen molar-refractivity contribution in [1.82, 2.24) is 15.3 Å². The Morgan fingerprint density at radius 1 is 1.09 bits per heavy atom. The Bertz CT molecular complexity index is 1300. The molecule has 34 heavy (non-hydrogen) atoms. The predicted octanol–water partition coefficient (Wildman–Crippen LogP) is 5.59. The van der Waals surface area contributed by atoms with Crippen LogP contribution in [0.3, 0.4) is 0 Å². The van der Waals surface area contributed by atoms with Gasteiger partial charge in [-0.15, -0.1) is 0 Å². The van der Waals surface area contributed by atoms with Crippen molar-refractivity contribution in [2.45, 2.75) is 23.9 Å². The lowest BCUT2D eigenvalue weighted by Crippen LogP contribution is -2.52. The van der Waals surface area contributed by atoms with Gasteiger partial charge < -0.3 is 15.2 Å². The SMILES string of the molecule is COc1nc2ccc(Cl)cc2cc1C(c1ccc(Cl)cc1)C1(O)CCNCC1c1cccnc1. The summed E-state index contributed by atoms with van der Waals surface area (Å²) in [4.78, 5) is 9.09. The lowest BCUT2D eigenvalue weighted by atomic mass is 9.65. The van der Waals surface area contributed by atoms with Crippen molar-refractivity contribution in [2.24, 2.45) is 0 Å². The van der Waals surface area contributed by atoms with Crippen LogP contribution in [0.15, 0.2) is 73.1 Å². The van der Waals surface area contributed by atoms with Gasteiger partial charge >= 0.3 is 0 Å². The van der Waals surface area contributed by atoms with Crippen LogP contribution < -0.4 is 10.1 Å². The Hall–Kier alpha value is -2.70. The van der Waals surface area contributed by atoms with Crippen molar-refractivity contribution < 1.29 is 9.84 Å². The molecule has 1 aliphatic rings. The zero-order chi connectivity index (χ0) is 23.7. The molecule has 1 aliphatic heterocycles. The van der Waals surface area contributed by atoms with E-state index in [1.54, 1.807) is 13.3 Å². The fourth-order valence-corrected chi connectivity index (χ4v) is 5.44. The van der Waals surface area contributed by atoms with Crippen molar-refractivity contribution in [3.8, 4) is 5.88 Å². The molecule has 2 N–H and O–H groups in total. The highest BCUT2D eigenvalue weighted by molar-refractivity contribution is 6.31. The summed E-state index contributed by atoms with van der Waals surface area (Å²) < 4.78 is 5.78. The second kappa shape index (κ2) is 9.51. The van der Waals surface area contributed by atoms with Crippen LogP contribution in [0, 0.1) is 0 Å². The minimum atomic E-state index is -1.14.